The smallest absolute Gasteiger partial charge is 0.218 e. The molecule has 7 nitrogen and oxygen atoms in total. The van der Waals surface area contributed by atoms with Gasteiger partial charge in [0, 0.05) is 36.0 Å². The largest absolute Gasteiger partial charge is 0.356 e. The average Bonchev–Trinajstić information content (AvgIpc) is 3.10. The van der Waals surface area contributed by atoms with Crippen LogP contribution in [0.4, 0.5) is 4.39 Å². The summed E-state index contributed by atoms with van der Waals surface area (Å²) in [6.07, 6.45) is 0.699. The lowest BCUT2D eigenvalue weighted by atomic mass is 10.00. The fraction of sp³-hybridized carbons (Fsp3) is 0.227. The van der Waals surface area contributed by atoms with Gasteiger partial charge in [0.25, 0.3) is 0 Å². The number of hydrogen-bond donors (Lipinski definition) is 1. The number of nitrogens with zero attached hydrogens (tertiary/aromatic N) is 4. The van der Waals surface area contributed by atoms with Crippen molar-refractivity contribution in [2.75, 3.05) is 6.54 Å². The summed E-state index contributed by atoms with van der Waals surface area (Å²) in [7, 11) is 0. The SMILES string of the molecule is CC(=O)NCCCC(=O)c1nc2n(n1)-c1ccc(Cl)cc1C(c1ccccc1F)=NC2. The van der Waals surface area contributed by atoms with Gasteiger partial charge in [-0.15, -0.1) is 5.10 Å². The van der Waals surface area contributed by atoms with E-state index >= 15 is 0 Å². The predicted molar refractivity (Wildman–Crippen MR) is 114 cm³/mol. The van der Waals surface area contributed by atoms with E-state index in [1.165, 1.54) is 13.0 Å². The number of carbonyl (C=O) groups excluding carboxylic acids is 2. The van der Waals surface area contributed by atoms with Crippen LogP contribution in [0.3, 0.4) is 0 Å². The molecule has 0 saturated carbocycles. The monoisotopic (exact) mass is 439 g/mol. The van der Waals surface area contributed by atoms with E-state index in [0.717, 1.165) is 0 Å². The Morgan fingerprint density at radius 1 is 1.19 bits per heavy atom. The van der Waals surface area contributed by atoms with E-state index in [2.05, 4.69) is 20.4 Å². The van der Waals surface area contributed by atoms with Gasteiger partial charge in [0.2, 0.25) is 17.5 Å². The van der Waals surface area contributed by atoms with Crippen LogP contribution in [-0.2, 0) is 11.3 Å². The molecule has 0 spiro atoms. The third-order valence-corrected chi connectivity index (χ3v) is 5.06. The number of benzene rings is 2. The maximum atomic E-state index is 14.5. The van der Waals surface area contributed by atoms with Crippen molar-refractivity contribution in [2.45, 2.75) is 26.3 Å². The number of nitrogens with one attached hydrogen (secondary N) is 1. The zero-order chi connectivity index (χ0) is 22.0. The van der Waals surface area contributed by atoms with E-state index < -0.39 is 5.82 Å². The summed E-state index contributed by atoms with van der Waals surface area (Å²) in [6, 6.07) is 11.5. The number of rotatable bonds is 6. The van der Waals surface area contributed by atoms with Crippen LogP contribution < -0.4 is 5.32 Å². The second kappa shape index (κ2) is 8.77. The highest BCUT2D eigenvalue weighted by Gasteiger charge is 2.25. The van der Waals surface area contributed by atoms with Crippen LogP contribution in [0.25, 0.3) is 5.69 Å². The average molecular weight is 440 g/mol. The first kappa shape index (κ1) is 20.9. The fourth-order valence-corrected chi connectivity index (χ4v) is 3.56. The number of fused-ring (bicyclic) bond motifs is 3. The standard InChI is InChI=1S/C22H19ClFN5O2/c1-13(30)25-10-4-7-19(31)22-27-20-12-26-21(15-5-2-3-6-17(15)24)16-11-14(23)8-9-18(16)29(20)28-22/h2-3,5-6,8-9,11H,4,7,10,12H2,1H3,(H,25,30). The molecule has 0 saturated heterocycles. The van der Waals surface area contributed by atoms with E-state index in [9.17, 15) is 14.0 Å². The highest BCUT2D eigenvalue weighted by atomic mass is 35.5. The molecule has 0 atom stereocenters. The van der Waals surface area contributed by atoms with E-state index in [-0.39, 0.29) is 30.5 Å². The maximum absolute atomic E-state index is 14.5. The minimum atomic E-state index is -0.394. The van der Waals surface area contributed by atoms with E-state index in [4.69, 9.17) is 11.6 Å². The minimum Gasteiger partial charge on any atom is -0.356 e. The summed E-state index contributed by atoms with van der Waals surface area (Å²) >= 11 is 6.22. The normalized spacial score (nSPS) is 12.4. The highest BCUT2D eigenvalue weighted by molar-refractivity contribution is 6.31. The zero-order valence-corrected chi connectivity index (χ0v) is 17.5. The first-order chi connectivity index (χ1) is 14.9. The summed E-state index contributed by atoms with van der Waals surface area (Å²) < 4.78 is 16.1. The molecule has 0 aliphatic carbocycles. The molecule has 9 heteroatoms. The summed E-state index contributed by atoms with van der Waals surface area (Å²) in [5.74, 6) is -0.198. The molecule has 2 heterocycles. The maximum Gasteiger partial charge on any atom is 0.218 e. The van der Waals surface area contributed by atoms with Gasteiger partial charge >= 0.3 is 0 Å². The van der Waals surface area contributed by atoms with Crippen molar-refractivity contribution in [3.63, 3.8) is 0 Å². The van der Waals surface area contributed by atoms with Crippen molar-refractivity contribution >= 4 is 29.0 Å². The number of amides is 1. The van der Waals surface area contributed by atoms with Crippen molar-refractivity contribution < 1.29 is 14.0 Å². The molecule has 1 aliphatic heterocycles. The molecular weight excluding hydrogens is 421 g/mol. The number of Topliss-reactive ketones (excluding diaryl/α,β-unsaturated/α-hetero) is 1. The molecule has 0 fully saturated rings. The van der Waals surface area contributed by atoms with Gasteiger partial charge < -0.3 is 5.32 Å². The van der Waals surface area contributed by atoms with Gasteiger partial charge in [0.05, 0.1) is 17.9 Å². The molecule has 0 radical (unpaired) electrons. The summed E-state index contributed by atoms with van der Waals surface area (Å²) in [4.78, 5) is 32.4. The molecule has 2 aromatic carbocycles. The van der Waals surface area contributed by atoms with Crippen molar-refractivity contribution in [1.82, 2.24) is 20.1 Å². The Balaban J connectivity index is 1.68. The van der Waals surface area contributed by atoms with E-state index in [0.29, 0.717) is 46.3 Å². The Kier molecular flexibility index (Phi) is 5.90. The van der Waals surface area contributed by atoms with Gasteiger partial charge in [-0.3, -0.25) is 14.6 Å². The van der Waals surface area contributed by atoms with Crippen LogP contribution in [-0.4, -0.2) is 38.7 Å². The third kappa shape index (κ3) is 4.39. The number of aliphatic imine (C=N–C) groups is 1. The Morgan fingerprint density at radius 2 is 2.00 bits per heavy atom. The highest BCUT2D eigenvalue weighted by Crippen LogP contribution is 2.28. The second-order valence-corrected chi connectivity index (χ2v) is 7.52. The van der Waals surface area contributed by atoms with E-state index in [1.807, 2.05) is 0 Å². The van der Waals surface area contributed by atoms with Crippen LogP contribution in [0.2, 0.25) is 5.02 Å². The summed E-state index contributed by atoms with van der Waals surface area (Å²) in [6.45, 7) is 1.96. The van der Waals surface area contributed by atoms with Crippen LogP contribution in [0.15, 0.2) is 47.5 Å². The number of carbonyl (C=O) groups is 2. The molecule has 0 bridgehead atoms. The van der Waals surface area contributed by atoms with Gasteiger partial charge in [-0.25, -0.2) is 14.1 Å². The third-order valence-electron chi connectivity index (χ3n) is 4.83. The van der Waals surface area contributed by atoms with Gasteiger partial charge in [0.15, 0.2) is 5.82 Å². The van der Waals surface area contributed by atoms with Crippen molar-refractivity contribution in [3.8, 4) is 5.69 Å². The Bertz CT molecular complexity index is 1200. The van der Waals surface area contributed by atoms with Crippen LogP contribution in [0, 0.1) is 5.82 Å². The van der Waals surface area contributed by atoms with Crippen molar-refractivity contribution in [3.05, 3.63) is 76.1 Å². The molecule has 1 amide bonds. The topological polar surface area (TPSA) is 89.2 Å². The molecule has 31 heavy (non-hydrogen) atoms. The van der Waals surface area contributed by atoms with Crippen molar-refractivity contribution in [1.29, 1.82) is 0 Å². The lowest BCUT2D eigenvalue weighted by Gasteiger charge is -2.11. The number of ketones is 1. The molecule has 1 aromatic heterocycles. The first-order valence-corrected chi connectivity index (χ1v) is 10.1. The van der Waals surface area contributed by atoms with Gasteiger partial charge in [-0.1, -0.05) is 23.7 Å². The Morgan fingerprint density at radius 3 is 2.77 bits per heavy atom. The molecule has 4 rings (SSSR count). The number of halogens is 2. The zero-order valence-electron chi connectivity index (χ0n) is 16.7. The van der Waals surface area contributed by atoms with Crippen LogP contribution in [0.1, 0.15) is 47.3 Å². The molecule has 158 valence electrons. The van der Waals surface area contributed by atoms with Crippen molar-refractivity contribution in [2.24, 2.45) is 4.99 Å². The quantitative estimate of drug-likeness (QED) is 0.470. The van der Waals surface area contributed by atoms with E-state index in [1.54, 1.807) is 41.1 Å². The van der Waals surface area contributed by atoms with Gasteiger partial charge in [-0.2, -0.15) is 0 Å². The molecule has 0 unspecified atom stereocenters. The van der Waals surface area contributed by atoms with Crippen LogP contribution >= 0.6 is 11.6 Å². The lowest BCUT2D eigenvalue weighted by Crippen LogP contribution is -2.21. The Labute approximate surface area is 183 Å². The first-order valence-electron chi connectivity index (χ1n) is 9.77. The molecular formula is C22H19ClFN5O2. The predicted octanol–water partition coefficient (Wildman–Crippen LogP) is 3.51. The number of hydrogen-bond acceptors (Lipinski definition) is 5. The summed E-state index contributed by atoms with van der Waals surface area (Å²) in [5, 5.41) is 7.53. The van der Waals surface area contributed by atoms with Gasteiger partial charge in [-0.05, 0) is 36.8 Å². The minimum absolute atomic E-state index is 0.0864. The second-order valence-electron chi connectivity index (χ2n) is 7.08. The van der Waals surface area contributed by atoms with Gasteiger partial charge in [0.1, 0.15) is 5.82 Å². The lowest BCUT2D eigenvalue weighted by molar-refractivity contribution is -0.118. The number of aromatic nitrogens is 3. The molecule has 1 N–H and O–H groups in total. The summed E-state index contributed by atoms with van der Waals surface area (Å²) in [5.41, 5.74) is 2.02. The van der Waals surface area contributed by atoms with Crippen LogP contribution in [0.5, 0.6) is 0 Å². The fourth-order valence-electron chi connectivity index (χ4n) is 3.38. The Hall–Kier alpha value is -3.39. The molecule has 3 aromatic rings. The molecule has 1 aliphatic rings.